The average Bonchev–Trinajstić information content (AvgIpc) is 3.39. The van der Waals surface area contributed by atoms with Crippen LogP contribution in [0.1, 0.15) is 40.2 Å². The van der Waals surface area contributed by atoms with Gasteiger partial charge in [-0.3, -0.25) is 4.79 Å². The maximum atomic E-state index is 12.7. The molecule has 8 heteroatoms. The molecule has 1 aliphatic rings. The van der Waals surface area contributed by atoms with E-state index in [2.05, 4.69) is 0 Å². The van der Waals surface area contributed by atoms with Gasteiger partial charge in [0.1, 0.15) is 0 Å². The molecule has 1 saturated carbocycles. The summed E-state index contributed by atoms with van der Waals surface area (Å²) in [6, 6.07) is 9.72. The highest BCUT2D eigenvalue weighted by Gasteiger charge is 2.31. The van der Waals surface area contributed by atoms with Gasteiger partial charge in [0, 0.05) is 5.56 Å². The van der Waals surface area contributed by atoms with Crippen LogP contribution in [0.25, 0.3) is 0 Å². The maximum Gasteiger partial charge on any atom is 0.416 e. The molecular weight excluding hydrogens is 355 g/mol. The lowest BCUT2D eigenvalue weighted by atomic mass is 10.1. The molecule has 0 bridgehead atoms. The number of carbonyl (C=O) groups is 1. The zero-order valence-corrected chi connectivity index (χ0v) is 13.7. The smallest absolute Gasteiger partial charge is 0.268 e. The van der Waals surface area contributed by atoms with E-state index in [0.29, 0.717) is 12.0 Å². The third kappa shape index (κ3) is 4.01. The molecule has 0 aliphatic heterocycles. The summed E-state index contributed by atoms with van der Waals surface area (Å²) < 4.78 is 64.4. The molecule has 2 aromatic carbocycles. The Morgan fingerprint density at radius 2 is 1.68 bits per heavy atom. The highest BCUT2D eigenvalue weighted by molar-refractivity contribution is 7.90. The van der Waals surface area contributed by atoms with Gasteiger partial charge < -0.3 is 0 Å². The van der Waals surface area contributed by atoms with Gasteiger partial charge in [0.15, 0.2) is 0 Å². The van der Waals surface area contributed by atoms with E-state index in [1.165, 1.54) is 12.1 Å². The first-order chi connectivity index (χ1) is 11.7. The van der Waals surface area contributed by atoms with Crippen molar-refractivity contribution in [2.24, 2.45) is 0 Å². The van der Waals surface area contributed by atoms with Gasteiger partial charge in [-0.1, -0.05) is 18.2 Å². The highest BCUT2D eigenvalue weighted by Crippen LogP contribution is 2.40. The van der Waals surface area contributed by atoms with E-state index in [-0.39, 0.29) is 10.5 Å². The molecule has 0 spiro atoms. The largest absolute Gasteiger partial charge is 0.416 e. The summed E-state index contributed by atoms with van der Waals surface area (Å²) in [4.78, 5) is 11.9. The Labute approximate surface area is 142 Å². The predicted molar refractivity (Wildman–Crippen MR) is 84.5 cm³/mol. The number of sulfonamides is 1. The Morgan fingerprint density at radius 1 is 1.04 bits per heavy atom. The fourth-order valence-electron chi connectivity index (χ4n) is 2.41. The molecule has 25 heavy (non-hydrogen) atoms. The lowest BCUT2D eigenvalue weighted by Gasteiger charge is -2.10. The molecule has 4 nitrogen and oxygen atoms in total. The molecule has 0 aromatic heterocycles. The molecular formula is C17H14F3NO3S. The van der Waals surface area contributed by atoms with E-state index in [1.54, 1.807) is 16.9 Å². The molecule has 1 N–H and O–H groups in total. The third-order valence-corrected chi connectivity index (χ3v) is 5.27. The maximum absolute atomic E-state index is 12.7. The Balaban J connectivity index is 1.79. The van der Waals surface area contributed by atoms with Gasteiger partial charge in [0.05, 0.1) is 10.5 Å². The van der Waals surface area contributed by atoms with Crippen molar-refractivity contribution in [2.45, 2.75) is 29.8 Å². The number of rotatable bonds is 4. The fourth-order valence-corrected chi connectivity index (χ4v) is 3.39. The normalized spacial score (nSPS) is 15.0. The van der Waals surface area contributed by atoms with E-state index in [9.17, 15) is 26.4 Å². The minimum absolute atomic E-state index is 0.114. The molecule has 2 aromatic rings. The van der Waals surface area contributed by atoms with E-state index in [1.807, 2.05) is 0 Å². The van der Waals surface area contributed by atoms with Gasteiger partial charge in [-0.15, -0.1) is 0 Å². The van der Waals surface area contributed by atoms with Crippen molar-refractivity contribution in [3.05, 3.63) is 65.2 Å². The van der Waals surface area contributed by atoms with Crippen LogP contribution >= 0.6 is 0 Å². The van der Waals surface area contributed by atoms with Crippen LogP contribution in [0.4, 0.5) is 13.2 Å². The van der Waals surface area contributed by atoms with Crippen LogP contribution in [-0.2, 0) is 16.2 Å². The monoisotopic (exact) mass is 369 g/mol. The number of hydrogen-bond acceptors (Lipinski definition) is 3. The molecule has 0 saturated heterocycles. The number of amides is 1. The number of nitrogens with one attached hydrogen (secondary N) is 1. The lowest BCUT2D eigenvalue weighted by molar-refractivity contribution is -0.137. The SMILES string of the molecule is O=C(NS(=O)(=O)c1ccc(C2CC2)cc1)c1cccc(C(F)(F)F)c1. The Bertz CT molecular complexity index is 901. The van der Waals surface area contributed by atoms with Crippen molar-refractivity contribution in [1.29, 1.82) is 0 Å². The Hall–Kier alpha value is -2.35. The zero-order valence-electron chi connectivity index (χ0n) is 12.9. The van der Waals surface area contributed by atoms with Gasteiger partial charge in [0.25, 0.3) is 15.9 Å². The second kappa shape index (κ2) is 6.18. The van der Waals surface area contributed by atoms with Crippen molar-refractivity contribution in [1.82, 2.24) is 4.72 Å². The highest BCUT2D eigenvalue weighted by atomic mass is 32.2. The second-order valence-electron chi connectivity index (χ2n) is 5.86. The second-order valence-corrected chi connectivity index (χ2v) is 7.54. The average molecular weight is 369 g/mol. The third-order valence-electron chi connectivity index (χ3n) is 3.92. The summed E-state index contributed by atoms with van der Waals surface area (Å²) in [5.41, 5.74) is -0.373. The summed E-state index contributed by atoms with van der Waals surface area (Å²) in [5.74, 6) is -0.658. The lowest BCUT2D eigenvalue weighted by Crippen LogP contribution is -2.30. The minimum Gasteiger partial charge on any atom is -0.268 e. The van der Waals surface area contributed by atoms with Crippen molar-refractivity contribution in [3.8, 4) is 0 Å². The minimum atomic E-state index is -4.62. The van der Waals surface area contributed by atoms with Crippen molar-refractivity contribution >= 4 is 15.9 Å². The van der Waals surface area contributed by atoms with Gasteiger partial charge in [-0.2, -0.15) is 13.2 Å². The van der Waals surface area contributed by atoms with Gasteiger partial charge in [0.2, 0.25) is 0 Å². The molecule has 1 fully saturated rings. The molecule has 0 heterocycles. The van der Waals surface area contributed by atoms with Crippen LogP contribution in [0.3, 0.4) is 0 Å². The van der Waals surface area contributed by atoms with Crippen LogP contribution in [0.5, 0.6) is 0 Å². The Morgan fingerprint density at radius 3 is 2.24 bits per heavy atom. The molecule has 0 unspecified atom stereocenters. The quantitative estimate of drug-likeness (QED) is 0.894. The van der Waals surface area contributed by atoms with E-state index >= 15 is 0 Å². The van der Waals surface area contributed by atoms with E-state index < -0.39 is 27.7 Å². The fraction of sp³-hybridized carbons (Fsp3) is 0.235. The summed E-state index contributed by atoms with van der Waals surface area (Å²) in [6.45, 7) is 0. The summed E-state index contributed by atoms with van der Waals surface area (Å²) in [5, 5.41) is 0. The summed E-state index contributed by atoms with van der Waals surface area (Å²) in [6.07, 6.45) is -2.48. The standard InChI is InChI=1S/C17H14F3NO3S/c18-17(19,20)14-3-1-2-13(10-14)16(22)21-25(23,24)15-8-6-12(7-9-15)11-4-5-11/h1-3,6-11H,4-5H2,(H,21,22). The van der Waals surface area contributed by atoms with Crippen molar-refractivity contribution in [3.63, 3.8) is 0 Å². The predicted octanol–water partition coefficient (Wildman–Crippen LogP) is 3.70. The topological polar surface area (TPSA) is 63.2 Å². The van der Waals surface area contributed by atoms with Crippen LogP contribution in [0, 0.1) is 0 Å². The van der Waals surface area contributed by atoms with Crippen molar-refractivity contribution in [2.75, 3.05) is 0 Å². The van der Waals surface area contributed by atoms with Crippen LogP contribution in [0.15, 0.2) is 53.4 Å². The van der Waals surface area contributed by atoms with Gasteiger partial charge in [-0.05, 0) is 54.7 Å². The Kier molecular flexibility index (Phi) is 4.32. The number of benzene rings is 2. The molecule has 132 valence electrons. The first-order valence-electron chi connectivity index (χ1n) is 7.51. The molecule has 3 rings (SSSR count). The number of hydrogen-bond donors (Lipinski definition) is 1. The molecule has 1 amide bonds. The van der Waals surface area contributed by atoms with Crippen LogP contribution in [0.2, 0.25) is 0 Å². The number of carbonyl (C=O) groups excluding carboxylic acids is 1. The molecule has 0 radical (unpaired) electrons. The first-order valence-corrected chi connectivity index (χ1v) is 8.99. The van der Waals surface area contributed by atoms with Gasteiger partial charge >= 0.3 is 6.18 Å². The molecule has 1 aliphatic carbocycles. The first kappa shape index (κ1) is 17.5. The van der Waals surface area contributed by atoms with Gasteiger partial charge in [-0.25, -0.2) is 13.1 Å². The summed E-state index contributed by atoms with van der Waals surface area (Å²) in [7, 11) is -4.16. The number of halogens is 3. The van der Waals surface area contributed by atoms with Crippen LogP contribution in [-0.4, -0.2) is 14.3 Å². The number of alkyl halides is 3. The van der Waals surface area contributed by atoms with E-state index in [4.69, 9.17) is 0 Å². The summed E-state index contributed by atoms with van der Waals surface area (Å²) >= 11 is 0. The zero-order chi connectivity index (χ0) is 18.2. The van der Waals surface area contributed by atoms with E-state index in [0.717, 1.165) is 36.6 Å². The van der Waals surface area contributed by atoms with Crippen molar-refractivity contribution < 1.29 is 26.4 Å². The van der Waals surface area contributed by atoms with Crippen LogP contribution < -0.4 is 4.72 Å². The molecule has 0 atom stereocenters.